The molecule has 0 aliphatic rings. The van der Waals surface area contributed by atoms with E-state index in [9.17, 15) is 0 Å². The molecular formula is C7H9N3. The Kier molecular flexibility index (Phi) is 1.89. The third kappa shape index (κ3) is 1.48. The first-order valence-corrected chi connectivity index (χ1v) is 2.93. The Bertz CT molecular complexity index is 242. The van der Waals surface area contributed by atoms with Crippen molar-refractivity contribution in [1.82, 2.24) is 4.98 Å². The van der Waals surface area contributed by atoms with Gasteiger partial charge in [0.2, 0.25) is 0 Å². The smallest absolute Gasteiger partial charge is 0.0664 e. The summed E-state index contributed by atoms with van der Waals surface area (Å²) >= 11 is 0. The van der Waals surface area contributed by atoms with Crippen LogP contribution in [0.1, 0.15) is 5.69 Å². The average molecular weight is 135 g/mol. The number of hydrogen-bond donors (Lipinski definition) is 2. The van der Waals surface area contributed by atoms with Crippen molar-refractivity contribution < 1.29 is 0 Å². The summed E-state index contributed by atoms with van der Waals surface area (Å²) in [5.41, 5.74) is 12.1. The molecule has 3 heteroatoms. The zero-order valence-corrected chi connectivity index (χ0v) is 5.49. The fourth-order valence-electron chi connectivity index (χ4n) is 0.655. The summed E-state index contributed by atoms with van der Waals surface area (Å²) in [6.45, 7) is 0. The number of pyridine rings is 1. The highest BCUT2D eigenvalue weighted by atomic mass is 14.7. The minimum absolute atomic E-state index is 0.697. The van der Waals surface area contributed by atoms with E-state index in [0.717, 1.165) is 5.69 Å². The lowest BCUT2D eigenvalue weighted by atomic mass is 10.3. The quantitative estimate of drug-likeness (QED) is 0.592. The molecule has 0 radical (unpaired) electrons. The van der Waals surface area contributed by atoms with Crippen LogP contribution in [0.4, 0.5) is 5.69 Å². The van der Waals surface area contributed by atoms with E-state index in [0.29, 0.717) is 5.69 Å². The van der Waals surface area contributed by atoms with Crippen LogP contribution in [0.3, 0.4) is 0 Å². The largest absolute Gasteiger partial charge is 0.405 e. The number of anilines is 1. The molecule has 0 spiro atoms. The first-order valence-electron chi connectivity index (χ1n) is 2.93. The second-order valence-electron chi connectivity index (χ2n) is 1.87. The predicted octanol–water partition coefficient (Wildman–Crippen LogP) is 0.593. The topological polar surface area (TPSA) is 64.9 Å². The first-order chi connectivity index (χ1) is 4.83. The van der Waals surface area contributed by atoms with Crippen molar-refractivity contribution in [1.29, 1.82) is 0 Å². The standard InChI is InChI=1S/C7H9N3/c8-3-1-7-5-6(9)2-4-10-7/h1-5H,8H2,(H2,9,10). The predicted molar refractivity (Wildman–Crippen MR) is 41.9 cm³/mol. The van der Waals surface area contributed by atoms with E-state index in [1.165, 1.54) is 6.20 Å². The number of nitrogen functional groups attached to an aromatic ring is 1. The van der Waals surface area contributed by atoms with Gasteiger partial charge in [0.05, 0.1) is 5.69 Å². The molecule has 1 aromatic heterocycles. The molecule has 0 bridgehead atoms. The molecule has 4 N–H and O–H groups in total. The number of nitrogens with zero attached hydrogens (tertiary/aromatic N) is 1. The Morgan fingerprint density at radius 2 is 2.30 bits per heavy atom. The zero-order chi connectivity index (χ0) is 7.40. The van der Waals surface area contributed by atoms with Gasteiger partial charge in [0.15, 0.2) is 0 Å². The number of hydrogen-bond acceptors (Lipinski definition) is 3. The molecule has 52 valence electrons. The molecule has 0 saturated heterocycles. The third-order valence-electron chi connectivity index (χ3n) is 1.07. The summed E-state index contributed by atoms with van der Waals surface area (Å²) in [6.07, 6.45) is 4.77. The van der Waals surface area contributed by atoms with E-state index in [2.05, 4.69) is 4.98 Å². The maximum absolute atomic E-state index is 5.47. The van der Waals surface area contributed by atoms with Crippen LogP contribution in [0.15, 0.2) is 24.5 Å². The maximum atomic E-state index is 5.47. The van der Waals surface area contributed by atoms with Gasteiger partial charge >= 0.3 is 0 Å². The number of nitrogens with two attached hydrogens (primary N) is 2. The van der Waals surface area contributed by atoms with Crippen molar-refractivity contribution in [3.05, 3.63) is 30.2 Å². The van der Waals surface area contributed by atoms with Gasteiger partial charge in [-0.25, -0.2) is 0 Å². The second-order valence-corrected chi connectivity index (χ2v) is 1.87. The Morgan fingerprint density at radius 1 is 1.50 bits per heavy atom. The van der Waals surface area contributed by atoms with E-state index in [1.54, 1.807) is 24.4 Å². The Hall–Kier alpha value is -1.51. The van der Waals surface area contributed by atoms with E-state index >= 15 is 0 Å². The Morgan fingerprint density at radius 3 is 2.90 bits per heavy atom. The van der Waals surface area contributed by atoms with Crippen LogP contribution in [0, 0.1) is 0 Å². The summed E-state index contributed by atoms with van der Waals surface area (Å²) in [6, 6.07) is 3.48. The molecule has 0 aliphatic heterocycles. The molecule has 0 amide bonds. The molecule has 0 unspecified atom stereocenters. The van der Waals surface area contributed by atoms with E-state index < -0.39 is 0 Å². The molecule has 1 heterocycles. The van der Waals surface area contributed by atoms with Crippen LogP contribution < -0.4 is 11.5 Å². The van der Waals surface area contributed by atoms with Crippen molar-refractivity contribution in [2.75, 3.05) is 5.73 Å². The zero-order valence-electron chi connectivity index (χ0n) is 5.49. The van der Waals surface area contributed by atoms with Gasteiger partial charge in [0, 0.05) is 11.9 Å². The van der Waals surface area contributed by atoms with Crippen molar-refractivity contribution in [3.8, 4) is 0 Å². The summed E-state index contributed by atoms with van der Waals surface area (Å²) in [5.74, 6) is 0. The minimum atomic E-state index is 0.697. The van der Waals surface area contributed by atoms with Gasteiger partial charge in [-0.1, -0.05) is 0 Å². The number of aromatic nitrogens is 1. The van der Waals surface area contributed by atoms with E-state index in [4.69, 9.17) is 11.5 Å². The van der Waals surface area contributed by atoms with Crippen molar-refractivity contribution in [3.63, 3.8) is 0 Å². The van der Waals surface area contributed by atoms with Crippen LogP contribution in [0.25, 0.3) is 6.08 Å². The van der Waals surface area contributed by atoms with Crippen molar-refractivity contribution in [2.24, 2.45) is 5.73 Å². The average Bonchev–Trinajstić information content (AvgIpc) is 1.88. The monoisotopic (exact) mass is 135 g/mol. The Balaban J connectivity index is 2.95. The molecule has 0 aromatic carbocycles. The SMILES string of the molecule is NC=Cc1cc(N)ccn1. The van der Waals surface area contributed by atoms with E-state index in [1.807, 2.05) is 0 Å². The molecule has 10 heavy (non-hydrogen) atoms. The number of rotatable bonds is 1. The van der Waals surface area contributed by atoms with Gasteiger partial charge in [0.1, 0.15) is 0 Å². The van der Waals surface area contributed by atoms with Crippen LogP contribution in [0.2, 0.25) is 0 Å². The van der Waals surface area contributed by atoms with Gasteiger partial charge in [-0.2, -0.15) is 0 Å². The highest BCUT2D eigenvalue weighted by molar-refractivity contribution is 5.50. The fourth-order valence-corrected chi connectivity index (χ4v) is 0.655. The molecule has 0 fully saturated rings. The summed E-state index contributed by atoms with van der Waals surface area (Å²) < 4.78 is 0. The highest BCUT2D eigenvalue weighted by Gasteiger charge is 1.86. The van der Waals surface area contributed by atoms with Gasteiger partial charge in [0.25, 0.3) is 0 Å². The lowest BCUT2D eigenvalue weighted by molar-refractivity contribution is 1.29. The van der Waals surface area contributed by atoms with E-state index in [-0.39, 0.29) is 0 Å². The van der Waals surface area contributed by atoms with Crippen LogP contribution in [-0.2, 0) is 0 Å². The van der Waals surface area contributed by atoms with Crippen LogP contribution in [-0.4, -0.2) is 4.98 Å². The van der Waals surface area contributed by atoms with Crippen LogP contribution in [0.5, 0.6) is 0 Å². The maximum Gasteiger partial charge on any atom is 0.0664 e. The minimum Gasteiger partial charge on any atom is -0.405 e. The second kappa shape index (κ2) is 2.87. The van der Waals surface area contributed by atoms with Gasteiger partial charge in [-0.15, -0.1) is 0 Å². The Labute approximate surface area is 59.4 Å². The third-order valence-corrected chi connectivity index (χ3v) is 1.07. The van der Waals surface area contributed by atoms with Crippen LogP contribution >= 0.6 is 0 Å². The van der Waals surface area contributed by atoms with Gasteiger partial charge in [-0.3, -0.25) is 4.98 Å². The van der Waals surface area contributed by atoms with Gasteiger partial charge in [-0.05, 0) is 24.4 Å². The molecule has 0 saturated carbocycles. The summed E-state index contributed by atoms with van der Waals surface area (Å²) in [5, 5.41) is 0. The summed E-state index contributed by atoms with van der Waals surface area (Å²) in [4.78, 5) is 3.98. The molecule has 1 rings (SSSR count). The lowest BCUT2D eigenvalue weighted by Crippen LogP contribution is -1.87. The molecule has 3 nitrogen and oxygen atoms in total. The fraction of sp³-hybridized carbons (Fsp3) is 0. The normalized spacial score (nSPS) is 10.4. The molecule has 0 aliphatic carbocycles. The molecular weight excluding hydrogens is 126 g/mol. The molecule has 1 aromatic rings. The van der Waals surface area contributed by atoms with Crippen molar-refractivity contribution >= 4 is 11.8 Å². The first kappa shape index (κ1) is 6.61. The highest BCUT2D eigenvalue weighted by Crippen LogP contribution is 2.03. The summed E-state index contributed by atoms with van der Waals surface area (Å²) in [7, 11) is 0. The van der Waals surface area contributed by atoms with Gasteiger partial charge < -0.3 is 11.5 Å². The lowest BCUT2D eigenvalue weighted by Gasteiger charge is -1.92. The molecule has 0 atom stereocenters. The van der Waals surface area contributed by atoms with Crippen molar-refractivity contribution in [2.45, 2.75) is 0 Å².